The summed E-state index contributed by atoms with van der Waals surface area (Å²) in [5, 5.41) is 2.92. The van der Waals surface area contributed by atoms with Crippen LogP contribution in [0.3, 0.4) is 0 Å². The van der Waals surface area contributed by atoms with Gasteiger partial charge in [-0.15, -0.1) is 0 Å². The van der Waals surface area contributed by atoms with E-state index in [1.807, 2.05) is 0 Å². The van der Waals surface area contributed by atoms with Gasteiger partial charge in [0.05, 0.1) is 27.9 Å². The first kappa shape index (κ1) is 21.1. The molecule has 0 atom stereocenters. The Kier molecular flexibility index (Phi) is 9.13. The molecule has 1 rings (SSSR count). The molecule has 0 radical (unpaired) electrons. The fraction of sp³-hybridized carbons (Fsp3) is 0.632. The molecule has 0 fully saturated rings. The van der Waals surface area contributed by atoms with Crippen molar-refractivity contribution >= 4 is 11.6 Å². The zero-order chi connectivity index (χ0) is 18.8. The highest BCUT2D eigenvalue weighted by atomic mass is 16.5. The number of amides is 1. The molecule has 6 heteroatoms. The van der Waals surface area contributed by atoms with Crippen LogP contribution in [0.1, 0.15) is 40.0 Å². The maximum absolute atomic E-state index is 12.4. The summed E-state index contributed by atoms with van der Waals surface area (Å²) in [6.07, 6.45) is 3.45. The number of unbranched alkanes of at least 4 members (excludes halogenated alkanes) is 2. The molecule has 1 aromatic carbocycles. The number of rotatable bonds is 11. The predicted octanol–water partition coefficient (Wildman–Crippen LogP) is 3.55. The van der Waals surface area contributed by atoms with Crippen LogP contribution >= 0.6 is 0 Å². The van der Waals surface area contributed by atoms with Crippen LogP contribution < -0.4 is 19.5 Å². The highest BCUT2D eigenvalue weighted by Gasteiger charge is 2.17. The van der Waals surface area contributed by atoms with Crippen molar-refractivity contribution in [3.05, 3.63) is 12.1 Å². The Bertz CT molecular complexity index is 521. The maximum Gasteiger partial charge on any atom is 0.238 e. The third kappa shape index (κ3) is 6.46. The fourth-order valence-electron chi connectivity index (χ4n) is 2.62. The van der Waals surface area contributed by atoms with Crippen LogP contribution in [0.4, 0.5) is 5.69 Å². The molecule has 142 valence electrons. The summed E-state index contributed by atoms with van der Waals surface area (Å²) >= 11 is 0. The number of nitrogens with zero attached hydrogens (tertiary/aromatic N) is 1. The smallest absolute Gasteiger partial charge is 0.238 e. The van der Waals surface area contributed by atoms with Crippen molar-refractivity contribution in [3.63, 3.8) is 0 Å². The summed E-state index contributed by atoms with van der Waals surface area (Å²) in [6, 6.07) is 3.79. The number of benzene rings is 1. The molecule has 1 N–H and O–H groups in total. The SMILES string of the molecule is CCCCCN(CC(=O)Nc1cc(OC)c(OC)c(OC)c1)C(C)C. The van der Waals surface area contributed by atoms with E-state index < -0.39 is 0 Å². The minimum absolute atomic E-state index is 0.0560. The second kappa shape index (κ2) is 10.8. The molecule has 0 spiro atoms. The van der Waals surface area contributed by atoms with E-state index in [0.29, 0.717) is 35.5 Å². The van der Waals surface area contributed by atoms with Crippen molar-refractivity contribution < 1.29 is 19.0 Å². The Labute approximate surface area is 151 Å². The molecule has 0 saturated heterocycles. The molecule has 0 bridgehead atoms. The van der Waals surface area contributed by atoms with Gasteiger partial charge in [-0.3, -0.25) is 9.69 Å². The molecule has 0 aliphatic carbocycles. The molecule has 6 nitrogen and oxygen atoms in total. The van der Waals surface area contributed by atoms with Crippen LogP contribution in [0.5, 0.6) is 17.2 Å². The van der Waals surface area contributed by atoms with E-state index in [0.717, 1.165) is 13.0 Å². The summed E-state index contributed by atoms with van der Waals surface area (Å²) in [6.45, 7) is 7.68. The number of anilines is 1. The topological polar surface area (TPSA) is 60.0 Å². The molecule has 0 aromatic heterocycles. The van der Waals surface area contributed by atoms with E-state index in [-0.39, 0.29) is 5.91 Å². The number of carbonyl (C=O) groups excluding carboxylic acids is 1. The van der Waals surface area contributed by atoms with E-state index in [4.69, 9.17) is 14.2 Å². The normalized spacial score (nSPS) is 10.9. The molecule has 0 aliphatic heterocycles. The fourth-order valence-corrected chi connectivity index (χ4v) is 2.62. The van der Waals surface area contributed by atoms with Gasteiger partial charge >= 0.3 is 0 Å². The van der Waals surface area contributed by atoms with Crippen molar-refractivity contribution in [2.24, 2.45) is 0 Å². The van der Waals surface area contributed by atoms with Gasteiger partial charge in [-0.2, -0.15) is 0 Å². The van der Waals surface area contributed by atoms with E-state index >= 15 is 0 Å². The van der Waals surface area contributed by atoms with Crippen molar-refractivity contribution in [1.82, 2.24) is 4.90 Å². The predicted molar refractivity (Wildman–Crippen MR) is 101 cm³/mol. The van der Waals surface area contributed by atoms with Crippen molar-refractivity contribution in [3.8, 4) is 17.2 Å². The van der Waals surface area contributed by atoms with E-state index in [1.54, 1.807) is 33.5 Å². The quantitative estimate of drug-likeness (QED) is 0.617. The van der Waals surface area contributed by atoms with Gasteiger partial charge in [0.25, 0.3) is 0 Å². The zero-order valence-corrected chi connectivity index (χ0v) is 16.3. The van der Waals surface area contributed by atoms with E-state index in [2.05, 4.69) is 31.0 Å². The van der Waals surface area contributed by atoms with Gasteiger partial charge in [0.2, 0.25) is 11.7 Å². The lowest BCUT2D eigenvalue weighted by molar-refractivity contribution is -0.117. The first-order chi connectivity index (χ1) is 12.0. The maximum atomic E-state index is 12.4. The zero-order valence-electron chi connectivity index (χ0n) is 16.3. The minimum atomic E-state index is -0.0560. The third-order valence-corrected chi connectivity index (χ3v) is 4.07. The van der Waals surface area contributed by atoms with Gasteiger partial charge < -0.3 is 19.5 Å². The van der Waals surface area contributed by atoms with Crippen LogP contribution in [-0.2, 0) is 4.79 Å². The molecule has 0 saturated carbocycles. The van der Waals surface area contributed by atoms with Crippen LogP contribution in [0.25, 0.3) is 0 Å². The van der Waals surface area contributed by atoms with Crippen molar-refractivity contribution in [2.75, 3.05) is 39.7 Å². The Morgan fingerprint density at radius 2 is 1.68 bits per heavy atom. The number of hydrogen-bond donors (Lipinski definition) is 1. The largest absolute Gasteiger partial charge is 0.493 e. The summed E-state index contributed by atoms with van der Waals surface area (Å²) in [5.74, 6) is 1.48. The van der Waals surface area contributed by atoms with Gasteiger partial charge in [0, 0.05) is 23.9 Å². The lowest BCUT2D eigenvalue weighted by Crippen LogP contribution is -2.38. The molecule has 0 unspecified atom stereocenters. The number of methoxy groups -OCH3 is 3. The average molecular weight is 352 g/mol. The second-order valence-corrected chi connectivity index (χ2v) is 6.23. The average Bonchev–Trinajstić information content (AvgIpc) is 2.59. The van der Waals surface area contributed by atoms with Crippen molar-refractivity contribution in [1.29, 1.82) is 0 Å². The first-order valence-corrected chi connectivity index (χ1v) is 8.80. The third-order valence-electron chi connectivity index (χ3n) is 4.07. The van der Waals surface area contributed by atoms with Gasteiger partial charge in [-0.25, -0.2) is 0 Å². The van der Waals surface area contributed by atoms with Crippen LogP contribution in [0, 0.1) is 0 Å². The Morgan fingerprint density at radius 1 is 1.08 bits per heavy atom. The number of ether oxygens (including phenoxy) is 3. The number of nitrogens with one attached hydrogen (secondary N) is 1. The standard InChI is InChI=1S/C19H32N2O4/c1-7-8-9-10-21(14(2)3)13-18(22)20-15-11-16(23-4)19(25-6)17(12-15)24-5/h11-12,14H,7-10,13H2,1-6H3,(H,20,22). The second-order valence-electron chi connectivity index (χ2n) is 6.23. The monoisotopic (exact) mass is 352 g/mol. The Balaban J connectivity index is 2.81. The molecular weight excluding hydrogens is 320 g/mol. The van der Waals surface area contributed by atoms with Gasteiger partial charge in [-0.05, 0) is 26.8 Å². The summed E-state index contributed by atoms with van der Waals surface area (Å²) < 4.78 is 15.9. The number of hydrogen-bond acceptors (Lipinski definition) is 5. The van der Waals surface area contributed by atoms with Gasteiger partial charge in [0.15, 0.2) is 11.5 Å². The Morgan fingerprint density at radius 3 is 2.12 bits per heavy atom. The Hall–Kier alpha value is -1.95. The van der Waals surface area contributed by atoms with E-state index in [9.17, 15) is 4.79 Å². The molecule has 25 heavy (non-hydrogen) atoms. The first-order valence-electron chi connectivity index (χ1n) is 8.80. The minimum Gasteiger partial charge on any atom is -0.493 e. The van der Waals surface area contributed by atoms with Crippen LogP contribution in [-0.4, -0.2) is 51.3 Å². The molecule has 0 aliphatic rings. The van der Waals surface area contributed by atoms with Gasteiger partial charge in [0.1, 0.15) is 0 Å². The summed E-state index contributed by atoms with van der Waals surface area (Å²) in [5.41, 5.74) is 0.622. The summed E-state index contributed by atoms with van der Waals surface area (Å²) in [4.78, 5) is 14.6. The molecule has 1 amide bonds. The van der Waals surface area contributed by atoms with Crippen molar-refractivity contribution in [2.45, 2.75) is 46.1 Å². The summed E-state index contributed by atoms with van der Waals surface area (Å²) in [7, 11) is 4.66. The van der Waals surface area contributed by atoms with E-state index in [1.165, 1.54) is 12.8 Å². The van der Waals surface area contributed by atoms with Crippen LogP contribution in [0.15, 0.2) is 12.1 Å². The lowest BCUT2D eigenvalue weighted by Gasteiger charge is -2.25. The molecular formula is C19H32N2O4. The lowest BCUT2D eigenvalue weighted by atomic mass is 10.2. The highest BCUT2D eigenvalue weighted by molar-refractivity contribution is 5.93. The molecule has 1 aromatic rings. The van der Waals surface area contributed by atoms with Crippen LogP contribution in [0.2, 0.25) is 0 Å². The van der Waals surface area contributed by atoms with Gasteiger partial charge in [-0.1, -0.05) is 19.8 Å². The highest BCUT2D eigenvalue weighted by Crippen LogP contribution is 2.39. The number of carbonyl (C=O) groups is 1. The molecule has 0 heterocycles.